The Labute approximate surface area is 169 Å². The number of carbonyl (C=O) groups excluding carboxylic acids is 1. The third-order valence-corrected chi connectivity index (χ3v) is 4.72. The number of methoxy groups -OCH3 is 2. The maximum Gasteiger partial charge on any atom is 0.331 e. The number of rotatable bonds is 8. The molecule has 1 N–H and O–H groups in total. The molecular formula is C21H26N4O4. The molecule has 0 saturated carbocycles. The van der Waals surface area contributed by atoms with E-state index >= 15 is 0 Å². The lowest BCUT2D eigenvalue weighted by molar-refractivity contribution is -0.121. The second-order valence-corrected chi connectivity index (χ2v) is 6.97. The minimum absolute atomic E-state index is 0.0470. The Hall–Kier alpha value is -3.29. The number of hydrogen-bond acceptors (Lipinski definition) is 5. The summed E-state index contributed by atoms with van der Waals surface area (Å²) in [7, 11) is 3.18. The normalized spacial score (nSPS) is 11.1. The summed E-state index contributed by atoms with van der Waals surface area (Å²) in [5.74, 6) is 1.09. The number of amides is 1. The molecule has 2 aromatic heterocycles. The van der Waals surface area contributed by atoms with Crippen molar-refractivity contribution >= 4 is 17.1 Å². The molecule has 2 heterocycles. The van der Waals surface area contributed by atoms with Gasteiger partial charge in [0.2, 0.25) is 5.91 Å². The standard InChI is InChI=1S/C21H26N4O4/c1-14(2)25-20-16(6-5-10-23-20)24(21(25)27)13-19(26)22-11-9-15-7-8-17(28-3)18(12-15)29-4/h5-8,10,12,14H,9,11,13H2,1-4H3,(H,22,26). The predicted octanol–water partition coefficient (Wildman–Crippen LogP) is 2.15. The van der Waals surface area contributed by atoms with Gasteiger partial charge >= 0.3 is 5.69 Å². The van der Waals surface area contributed by atoms with Crippen molar-refractivity contribution in [2.45, 2.75) is 32.9 Å². The predicted molar refractivity (Wildman–Crippen MR) is 111 cm³/mol. The molecule has 0 spiro atoms. The molecule has 0 unspecified atom stereocenters. The van der Waals surface area contributed by atoms with E-state index in [-0.39, 0.29) is 24.2 Å². The van der Waals surface area contributed by atoms with Crippen LogP contribution < -0.4 is 20.5 Å². The van der Waals surface area contributed by atoms with E-state index in [0.29, 0.717) is 35.6 Å². The minimum atomic E-state index is -0.233. The Bertz CT molecular complexity index is 1070. The zero-order valence-electron chi connectivity index (χ0n) is 17.1. The van der Waals surface area contributed by atoms with Crippen molar-refractivity contribution in [1.82, 2.24) is 19.4 Å². The van der Waals surface area contributed by atoms with Crippen LogP contribution in [-0.4, -0.2) is 40.8 Å². The van der Waals surface area contributed by atoms with E-state index in [1.807, 2.05) is 32.0 Å². The number of aromatic nitrogens is 3. The van der Waals surface area contributed by atoms with Crippen molar-refractivity contribution in [3.05, 3.63) is 52.6 Å². The smallest absolute Gasteiger partial charge is 0.331 e. The fourth-order valence-electron chi connectivity index (χ4n) is 3.31. The molecule has 0 atom stereocenters. The SMILES string of the molecule is COc1ccc(CCNC(=O)Cn2c(=O)n(C(C)C)c3ncccc32)cc1OC. The number of fused-ring (bicyclic) bond motifs is 1. The molecule has 8 nitrogen and oxygen atoms in total. The maximum atomic E-state index is 12.8. The lowest BCUT2D eigenvalue weighted by atomic mass is 10.1. The third-order valence-electron chi connectivity index (χ3n) is 4.72. The molecular weight excluding hydrogens is 372 g/mol. The summed E-state index contributed by atoms with van der Waals surface area (Å²) in [6.07, 6.45) is 2.28. The Kier molecular flexibility index (Phi) is 6.21. The highest BCUT2D eigenvalue weighted by atomic mass is 16.5. The molecule has 8 heteroatoms. The molecule has 29 heavy (non-hydrogen) atoms. The van der Waals surface area contributed by atoms with Crippen molar-refractivity contribution in [3.63, 3.8) is 0 Å². The number of benzene rings is 1. The average Bonchev–Trinajstić information content (AvgIpc) is 2.99. The van der Waals surface area contributed by atoms with E-state index < -0.39 is 0 Å². The Morgan fingerprint density at radius 2 is 1.93 bits per heavy atom. The van der Waals surface area contributed by atoms with Crippen LogP contribution >= 0.6 is 0 Å². The van der Waals surface area contributed by atoms with Crippen LogP contribution in [0.4, 0.5) is 0 Å². The van der Waals surface area contributed by atoms with E-state index in [0.717, 1.165) is 5.56 Å². The number of hydrogen-bond donors (Lipinski definition) is 1. The summed E-state index contributed by atoms with van der Waals surface area (Å²) >= 11 is 0. The number of imidazole rings is 1. The summed E-state index contributed by atoms with van der Waals surface area (Å²) in [6.45, 7) is 4.24. The maximum absolute atomic E-state index is 12.8. The summed E-state index contributed by atoms with van der Waals surface area (Å²) < 4.78 is 13.6. The van der Waals surface area contributed by atoms with Crippen LogP contribution in [0.5, 0.6) is 11.5 Å². The number of pyridine rings is 1. The Morgan fingerprint density at radius 3 is 2.62 bits per heavy atom. The van der Waals surface area contributed by atoms with Crippen molar-refractivity contribution < 1.29 is 14.3 Å². The molecule has 0 aliphatic heterocycles. The monoisotopic (exact) mass is 398 g/mol. The molecule has 0 fully saturated rings. The second-order valence-electron chi connectivity index (χ2n) is 6.97. The van der Waals surface area contributed by atoms with Gasteiger partial charge in [-0.25, -0.2) is 9.78 Å². The van der Waals surface area contributed by atoms with E-state index in [9.17, 15) is 9.59 Å². The fraction of sp³-hybridized carbons (Fsp3) is 0.381. The third kappa shape index (κ3) is 4.26. The molecule has 0 bridgehead atoms. The molecule has 3 aromatic rings. The van der Waals surface area contributed by atoms with Gasteiger partial charge in [-0.05, 0) is 50.1 Å². The summed E-state index contributed by atoms with van der Waals surface area (Å²) in [5.41, 5.74) is 2.02. The quantitative estimate of drug-likeness (QED) is 0.628. The molecule has 0 aliphatic carbocycles. The van der Waals surface area contributed by atoms with Gasteiger partial charge in [0.05, 0.1) is 19.7 Å². The van der Waals surface area contributed by atoms with Crippen molar-refractivity contribution in [2.24, 2.45) is 0 Å². The van der Waals surface area contributed by atoms with Gasteiger partial charge in [0.1, 0.15) is 6.54 Å². The fourth-order valence-corrected chi connectivity index (χ4v) is 3.31. The number of nitrogens with one attached hydrogen (secondary N) is 1. The first kappa shape index (κ1) is 20.4. The first-order chi connectivity index (χ1) is 14.0. The van der Waals surface area contributed by atoms with Gasteiger partial charge in [-0.1, -0.05) is 6.07 Å². The topological polar surface area (TPSA) is 87.4 Å². The van der Waals surface area contributed by atoms with Gasteiger partial charge in [-0.3, -0.25) is 13.9 Å². The van der Waals surface area contributed by atoms with E-state index in [2.05, 4.69) is 10.3 Å². The van der Waals surface area contributed by atoms with Crippen molar-refractivity contribution in [2.75, 3.05) is 20.8 Å². The Balaban J connectivity index is 1.68. The first-order valence-electron chi connectivity index (χ1n) is 9.49. The van der Waals surface area contributed by atoms with Crippen LogP contribution in [0, 0.1) is 0 Å². The van der Waals surface area contributed by atoms with Gasteiger partial charge < -0.3 is 14.8 Å². The largest absolute Gasteiger partial charge is 0.493 e. The number of nitrogens with zero attached hydrogens (tertiary/aromatic N) is 3. The highest BCUT2D eigenvalue weighted by molar-refractivity contribution is 5.79. The van der Waals surface area contributed by atoms with E-state index in [4.69, 9.17) is 9.47 Å². The zero-order chi connectivity index (χ0) is 21.0. The molecule has 0 saturated heterocycles. The lowest BCUT2D eigenvalue weighted by Gasteiger charge is -2.10. The van der Waals surface area contributed by atoms with Crippen LogP contribution in [-0.2, 0) is 17.8 Å². The molecule has 154 valence electrons. The van der Waals surface area contributed by atoms with Crippen LogP contribution in [0.2, 0.25) is 0 Å². The average molecular weight is 398 g/mol. The number of carbonyl (C=O) groups is 1. The van der Waals surface area contributed by atoms with Gasteiger partial charge in [0, 0.05) is 18.8 Å². The van der Waals surface area contributed by atoms with Gasteiger partial charge in [-0.15, -0.1) is 0 Å². The molecule has 0 radical (unpaired) electrons. The minimum Gasteiger partial charge on any atom is -0.493 e. The first-order valence-corrected chi connectivity index (χ1v) is 9.49. The summed E-state index contributed by atoms with van der Waals surface area (Å²) in [6, 6.07) is 9.17. The lowest BCUT2D eigenvalue weighted by Crippen LogP contribution is -2.34. The van der Waals surface area contributed by atoms with Gasteiger partial charge in [0.25, 0.3) is 0 Å². The van der Waals surface area contributed by atoms with Crippen molar-refractivity contribution in [3.8, 4) is 11.5 Å². The van der Waals surface area contributed by atoms with E-state index in [1.54, 1.807) is 37.1 Å². The van der Waals surface area contributed by atoms with Crippen LogP contribution in [0.25, 0.3) is 11.2 Å². The summed E-state index contributed by atoms with van der Waals surface area (Å²) in [5, 5.41) is 2.88. The summed E-state index contributed by atoms with van der Waals surface area (Å²) in [4.78, 5) is 29.5. The molecule has 1 aromatic carbocycles. The zero-order valence-corrected chi connectivity index (χ0v) is 17.1. The highest BCUT2D eigenvalue weighted by Crippen LogP contribution is 2.27. The van der Waals surface area contributed by atoms with Crippen LogP contribution in [0.15, 0.2) is 41.3 Å². The van der Waals surface area contributed by atoms with Crippen LogP contribution in [0.3, 0.4) is 0 Å². The number of ether oxygens (including phenoxy) is 2. The van der Waals surface area contributed by atoms with Gasteiger partial charge in [-0.2, -0.15) is 0 Å². The van der Waals surface area contributed by atoms with Crippen molar-refractivity contribution in [1.29, 1.82) is 0 Å². The Morgan fingerprint density at radius 1 is 1.17 bits per heavy atom. The van der Waals surface area contributed by atoms with E-state index in [1.165, 1.54) is 4.57 Å². The molecule has 1 amide bonds. The van der Waals surface area contributed by atoms with Gasteiger partial charge in [0.15, 0.2) is 17.1 Å². The van der Waals surface area contributed by atoms with Crippen LogP contribution in [0.1, 0.15) is 25.5 Å². The molecule has 0 aliphatic rings. The highest BCUT2D eigenvalue weighted by Gasteiger charge is 2.17. The molecule has 3 rings (SSSR count). The second kappa shape index (κ2) is 8.81.